The van der Waals surface area contributed by atoms with Gasteiger partial charge in [0.2, 0.25) is 0 Å². The summed E-state index contributed by atoms with van der Waals surface area (Å²) in [5, 5.41) is 9.23. The summed E-state index contributed by atoms with van der Waals surface area (Å²) in [6.45, 7) is 0.146. The number of aliphatic hydroxyl groups is 1. The van der Waals surface area contributed by atoms with Gasteiger partial charge >= 0.3 is 11.8 Å². The van der Waals surface area contributed by atoms with Crippen molar-refractivity contribution in [1.82, 2.24) is 0 Å². The molecule has 0 bridgehead atoms. The van der Waals surface area contributed by atoms with Crippen molar-refractivity contribution >= 4 is 11.8 Å². The van der Waals surface area contributed by atoms with Crippen LogP contribution in [0, 0.1) is 5.92 Å². The maximum atomic E-state index is 13.1. The first-order chi connectivity index (χ1) is 7.25. The highest BCUT2D eigenvalue weighted by Crippen LogP contribution is 2.39. The number of rotatable bonds is 4. The molecule has 1 saturated heterocycles. The summed E-state index contributed by atoms with van der Waals surface area (Å²) >= 11 is 1.72. The zero-order valence-electron chi connectivity index (χ0n) is 9.06. The van der Waals surface area contributed by atoms with Crippen LogP contribution < -0.4 is 0 Å². The van der Waals surface area contributed by atoms with Crippen molar-refractivity contribution in [2.45, 2.75) is 44.1 Å². The van der Waals surface area contributed by atoms with E-state index >= 15 is 0 Å². The molecule has 1 N–H and O–H groups in total. The van der Waals surface area contributed by atoms with E-state index in [2.05, 4.69) is 0 Å². The SMILES string of the molecule is CC(F)(F)C(F)(F)C(O)CC1CCSCC1. The largest absolute Gasteiger partial charge is 0.387 e. The van der Waals surface area contributed by atoms with E-state index < -0.39 is 17.9 Å². The molecule has 1 aliphatic rings. The van der Waals surface area contributed by atoms with Crippen LogP contribution >= 0.6 is 11.8 Å². The first kappa shape index (κ1) is 14.1. The summed E-state index contributed by atoms with van der Waals surface area (Å²) in [5.41, 5.74) is 0. The minimum absolute atomic E-state index is 0.0653. The molecule has 0 aromatic rings. The Bertz CT molecular complexity index is 223. The van der Waals surface area contributed by atoms with E-state index in [-0.39, 0.29) is 19.3 Å². The molecule has 0 aromatic heterocycles. The monoisotopic (exact) mass is 260 g/mol. The van der Waals surface area contributed by atoms with Gasteiger partial charge in [0.25, 0.3) is 0 Å². The Morgan fingerprint density at radius 3 is 2.19 bits per heavy atom. The maximum Gasteiger partial charge on any atom is 0.335 e. The van der Waals surface area contributed by atoms with Crippen LogP contribution in [0.2, 0.25) is 0 Å². The molecule has 1 heterocycles. The Morgan fingerprint density at radius 1 is 1.25 bits per heavy atom. The normalized spacial score (nSPS) is 22.1. The van der Waals surface area contributed by atoms with Gasteiger partial charge in [0.15, 0.2) is 0 Å². The van der Waals surface area contributed by atoms with Crippen LogP contribution in [0.4, 0.5) is 17.6 Å². The topological polar surface area (TPSA) is 20.2 Å². The highest BCUT2D eigenvalue weighted by Gasteiger charge is 2.57. The fourth-order valence-electron chi connectivity index (χ4n) is 1.74. The van der Waals surface area contributed by atoms with Crippen molar-refractivity contribution in [3.63, 3.8) is 0 Å². The van der Waals surface area contributed by atoms with E-state index in [0.717, 1.165) is 11.5 Å². The molecule has 0 amide bonds. The van der Waals surface area contributed by atoms with Crippen molar-refractivity contribution in [2.24, 2.45) is 5.92 Å². The molecule has 1 nitrogen and oxygen atoms in total. The molecule has 16 heavy (non-hydrogen) atoms. The summed E-state index contributed by atoms with van der Waals surface area (Å²) in [6, 6.07) is 0. The van der Waals surface area contributed by atoms with Crippen molar-refractivity contribution in [3.05, 3.63) is 0 Å². The Balaban J connectivity index is 2.53. The van der Waals surface area contributed by atoms with Gasteiger partial charge in [0.1, 0.15) is 6.10 Å². The average molecular weight is 260 g/mol. The van der Waals surface area contributed by atoms with Gasteiger partial charge in [0.05, 0.1) is 0 Å². The second-order valence-corrected chi connectivity index (χ2v) is 5.54. The summed E-state index contributed by atoms with van der Waals surface area (Å²) < 4.78 is 51.3. The minimum atomic E-state index is -4.34. The van der Waals surface area contributed by atoms with Gasteiger partial charge in [0, 0.05) is 6.92 Å². The van der Waals surface area contributed by atoms with Crippen molar-refractivity contribution in [1.29, 1.82) is 0 Å². The highest BCUT2D eigenvalue weighted by atomic mass is 32.2. The van der Waals surface area contributed by atoms with Gasteiger partial charge in [-0.3, -0.25) is 0 Å². The Morgan fingerprint density at radius 2 is 1.75 bits per heavy atom. The third kappa shape index (κ3) is 3.26. The van der Waals surface area contributed by atoms with Crippen LogP contribution in [-0.4, -0.2) is 34.6 Å². The Hall–Kier alpha value is 0.0300. The van der Waals surface area contributed by atoms with E-state index in [1.807, 2.05) is 0 Å². The number of alkyl halides is 4. The van der Waals surface area contributed by atoms with E-state index in [9.17, 15) is 22.7 Å². The van der Waals surface area contributed by atoms with Gasteiger partial charge < -0.3 is 5.11 Å². The summed E-state index contributed by atoms with van der Waals surface area (Å²) in [6.07, 6.45) is -1.06. The van der Waals surface area contributed by atoms with Gasteiger partial charge in [-0.2, -0.15) is 20.5 Å². The van der Waals surface area contributed by atoms with Crippen molar-refractivity contribution in [3.8, 4) is 0 Å². The quantitative estimate of drug-likeness (QED) is 0.783. The van der Waals surface area contributed by atoms with Gasteiger partial charge in [-0.25, -0.2) is 8.78 Å². The van der Waals surface area contributed by atoms with Crippen molar-refractivity contribution < 1.29 is 22.7 Å². The molecule has 1 aliphatic heterocycles. The fourth-order valence-corrected chi connectivity index (χ4v) is 2.94. The summed E-state index contributed by atoms with van der Waals surface area (Å²) in [5.74, 6) is -6.87. The van der Waals surface area contributed by atoms with E-state index in [0.29, 0.717) is 12.8 Å². The number of thioether (sulfide) groups is 1. The molecule has 96 valence electrons. The molecule has 1 rings (SSSR count). The molecular weight excluding hydrogens is 244 g/mol. The second kappa shape index (κ2) is 5.12. The van der Waals surface area contributed by atoms with E-state index in [1.165, 1.54) is 0 Å². The molecule has 0 aromatic carbocycles. The fraction of sp³-hybridized carbons (Fsp3) is 1.00. The zero-order chi connectivity index (χ0) is 12.4. The van der Waals surface area contributed by atoms with Crippen LogP contribution in [-0.2, 0) is 0 Å². The number of hydrogen-bond acceptors (Lipinski definition) is 2. The molecule has 6 heteroatoms. The molecular formula is C10H16F4OS. The Labute approximate surface area is 96.6 Å². The van der Waals surface area contributed by atoms with Gasteiger partial charge in [-0.1, -0.05) is 0 Å². The average Bonchev–Trinajstić information content (AvgIpc) is 2.17. The molecule has 0 aliphatic carbocycles. The van der Waals surface area contributed by atoms with E-state index in [4.69, 9.17) is 0 Å². The smallest absolute Gasteiger partial charge is 0.335 e. The van der Waals surface area contributed by atoms with Crippen LogP contribution in [0.3, 0.4) is 0 Å². The van der Waals surface area contributed by atoms with Gasteiger partial charge in [-0.15, -0.1) is 0 Å². The number of hydrogen-bond donors (Lipinski definition) is 1. The first-order valence-electron chi connectivity index (χ1n) is 5.26. The van der Waals surface area contributed by atoms with Gasteiger partial charge in [-0.05, 0) is 36.7 Å². The number of aliphatic hydroxyl groups excluding tert-OH is 1. The van der Waals surface area contributed by atoms with Crippen LogP contribution in [0.25, 0.3) is 0 Å². The third-order valence-electron chi connectivity index (χ3n) is 2.90. The van der Waals surface area contributed by atoms with Crippen LogP contribution in [0.1, 0.15) is 26.2 Å². The van der Waals surface area contributed by atoms with Crippen LogP contribution in [0.15, 0.2) is 0 Å². The van der Waals surface area contributed by atoms with Crippen LogP contribution in [0.5, 0.6) is 0 Å². The summed E-state index contributed by atoms with van der Waals surface area (Å²) in [7, 11) is 0. The Kier molecular flexibility index (Phi) is 4.51. The maximum absolute atomic E-state index is 13.1. The van der Waals surface area contributed by atoms with Crippen molar-refractivity contribution in [2.75, 3.05) is 11.5 Å². The lowest BCUT2D eigenvalue weighted by Crippen LogP contribution is -2.48. The summed E-state index contributed by atoms with van der Waals surface area (Å²) in [4.78, 5) is 0. The third-order valence-corrected chi connectivity index (χ3v) is 3.95. The molecule has 1 fully saturated rings. The molecule has 0 saturated carbocycles. The molecule has 1 unspecified atom stereocenters. The molecule has 1 atom stereocenters. The lowest BCUT2D eigenvalue weighted by molar-refractivity contribution is -0.247. The first-order valence-corrected chi connectivity index (χ1v) is 6.42. The molecule has 0 spiro atoms. The lowest BCUT2D eigenvalue weighted by atomic mass is 9.91. The minimum Gasteiger partial charge on any atom is -0.387 e. The lowest BCUT2D eigenvalue weighted by Gasteiger charge is -2.31. The number of halogens is 4. The highest BCUT2D eigenvalue weighted by molar-refractivity contribution is 7.99. The molecule has 0 radical (unpaired) electrons. The predicted molar refractivity (Wildman–Crippen MR) is 56.2 cm³/mol. The second-order valence-electron chi connectivity index (χ2n) is 4.32. The standard InChI is InChI=1S/C10H16F4OS/c1-9(11,12)10(13,14)8(15)6-7-2-4-16-5-3-7/h7-8,15H,2-6H2,1H3. The predicted octanol–water partition coefficient (Wildman–Crippen LogP) is 3.17. The zero-order valence-corrected chi connectivity index (χ0v) is 9.87. The van der Waals surface area contributed by atoms with E-state index in [1.54, 1.807) is 11.8 Å².